The van der Waals surface area contributed by atoms with Gasteiger partial charge in [0.15, 0.2) is 0 Å². The Labute approximate surface area is 64.3 Å². The summed E-state index contributed by atoms with van der Waals surface area (Å²) in [6.07, 6.45) is 0. The third kappa shape index (κ3) is 0.859. The molecule has 0 radical (unpaired) electrons. The molecule has 0 saturated carbocycles. The second kappa shape index (κ2) is 2.15. The van der Waals surface area contributed by atoms with Gasteiger partial charge in [0.05, 0.1) is 11.3 Å². The first-order valence-electron chi connectivity index (χ1n) is 3.49. The number of benzene rings is 1. The Morgan fingerprint density at radius 3 is 2.82 bits per heavy atom. The van der Waals surface area contributed by atoms with Crippen LogP contribution in [0.1, 0.15) is 5.56 Å². The third-order valence-corrected chi connectivity index (χ3v) is 1.89. The number of rotatable bonds is 0. The van der Waals surface area contributed by atoms with Gasteiger partial charge in [0.2, 0.25) is 0 Å². The van der Waals surface area contributed by atoms with Crippen molar-refractivity contribution in [3.05, 3.63) is 35.0 Å². The maximum Gasteiger partial charge on any atom is 0.140 e. The van der Waals surface area contributed by atoms with Crippen molar-refractivity contribution in [1.29, 1.82) is 5.41 Å². The van der Waals surface area contributed by atoms with Crippen LogP contribution in [0.25, 0.3) is 0 Å². The maximum atomic E-state index is 11.1. The molecular weight excluding hydrogens is 140 g/mol. The van der Waals surface area contributed by atoms with Gasteiger partial charge in [-0.1, -0.05) is 12.1 Å². The van der Waals surface area contributed by atoms with Crippen LogP contribution in [0, 0.1) is 10.6 Å². The molecule has 0 aliphatic carbocycles. The first-order valence-corrected chi connectivity index (χ1v) is 3.49. The molecule has 1 aromatic carbocycles. The highest BCUT2D eigenvalue weighted by Crippen LogP contribution is 2.14. The molecule has 0 spiro atoms. The van der Waals surface area contributed by atoms with E-state index < -0.39 is 0 Å². The zero-order valence-corrected chi connectivity index (χ0v) is 5.92. The van der Waals surface area contributed by atoms with Gasteiger partial charge in [-0.2, -0.15) is 0 Å². The number of quaternary nitrogens is 1. The average molecular weight is 148 g/mol. The van der Waals surface area contributed by atoms with Gasteiger partial charge < -0.3 is 10.3 Å². The minimum atomic E-state index is 0.0746. The standard InChI is InChI=1S/C8H8N2O/c9-7-5-10(11)8-4-2-1-3-6(7)8/h1-4,9-10H,5H2. The number of hydroxylamine groups is 1. The molecule has 1 unspecified atom stereocenters. The molecule has 0 aromatic heterocycles. The summed E-state index contributed by atoms with van der Waals surface area (Å²) in [6, 6.07) is 7.28. The quantitative estimate of drug-likeness (QED) is 0.503. The largest absolute Gasteiger partial charge is 0.629 e. The topological polar surface area (TPSA) is 51.4 Å². The van der Waals surface area contributed by atoms with Crippen molar-refractivity contribution in [3.63, 3.8) is 0 Å². The number of hydrogen-bond acceptors (Lipinski definition) is 2. The van der Waals surface area contributed by atoms with Crippen LogP contribution >= 0.6 is 0 Å². The Bertz CT molecular complexity index is 309. The van der Waals surface area contributed by atoms with Crippen LogP contribution in [0.3, 0.4) is 0 Å². The van der Waals surface area contributed by atoms with Crippen LogP contribution in [-0.4, -0.2) is 12.3 Å². The van der Waals surface area contributed by atoms with E-state index in [2.05, 4.69) is 0 Å². The molecule has 0 bridgehead atoms. The summed E-state index contributed by atoms with van der Waals surface area (Å²) in [5.41, 5.74) is 1.96. The van der Waals surface area contributed by atoms with Gasteiger partial charge in [-0.05, 0) is 6.07 Å². The van der Waals surface area contributed by atoms with Crippen LogP contribution in [0.5, 0.6) is 0 Å². The lowest BCUT2D eigenvalue weighted by Gasteiger charge is -2.13. The lowest BCUT2D eigenvalue weighted by Crippen LogP contribution is -3.01. The van der Waals surface area contributed by atoms with Gasteiger partial charge in [-0.3, -0.25) is 5.41 Å². The average Bonchev–Trinajstić information content (AvgIpc) is 2.30. The Balaban J connectivity index is 2.60. The molecule has 2 rings (SSSR count). The zero-order valence-electron chi connectivity index (χ0n) is 5.92. The highest BCUT2D eigenvalue weighted by Gasteiger charge is 2.22. The van der Waals surface area contributed by atoms with Crippen LogP contribution < -0.4 is 5.06 Å². The molecule has 56 valence electrons. The molecule has 0 fully saturated rings. The summed E-state index contributed by atoms with van der Waals surface area (Å²) in [5.74, 6) is 0. The van der Waals surface area contributed by atoms with E-state index in [1.54, 1.807) is 6.07 Å². The van der Waals surface area contributed by atoms with Gasteiger partial charge in [0.1, 0.15) is 12.2 Å². The van der Waals surface area contributed by atoms with Crippen molar-refractivity contribution >= 4 is 11.4 Å². The van der Waals surface area contributed by atoms with Crippen molar-refractivity contribution in [2.45, 2.75) is 0 Å². The number of nitrogens with one attached hydrogen (secondary N) is 2. The Morgan fingerprint density at radius 2 is 2.09 bits per heavy atom. The molecule has 1 aliphatic heterocycles. The highest BCUT2D eigenvalue weighted by atomic mass is 16.5. The molecule has 3 nitrogen and oxygen atoms in total. The minimum Gasteiger partial charge on any atom is -0.629 e. The zero-order chi connectivity index (χ0) is 7.84. The summed E-state index contributed by atoms with van der Waals surface area (Å²) < 4.78 is 0. The molecule has 11 heavy (non-hydrogen) atoms. The lowest BCUT2D eigenvalue weighted by molar-refractivity contribution is -0.760. The molecule has 0 saturated heterocycles. The van der Waals surface area contributed by atoms with E-state index in [-0.39, 0.29) is 11.6 Å². The van der Waals surface area contributed by atoms with Crippen molar-refractivity contribution in [2.75, 3.05) is 6.54 Å². The summed E-state index contributed by atoms with van der Waals surface area (Å²) in [5, 5.41) is 18.6. The normalized spacial score (nSPS) is 21.9. The molecule has 3 heteroatoms. The van der Waals surface area contributed by atoms with Crippen molar-refractivity contribution < 1.29 is 5.06 Å². The molecule has 1 heterocycles. The van der Waals surface area contributed by atoms with E-state index in [1.807, 2.05) is 18.2 Å². The second-order valence-corrected chi connectivity index (χ2v) is 2.62. The Morgan fingerprint density at radius 1 is 1.36 bits per heavy atom. The molecular formula is C8H8N2O. The summed E-state index contributed by atoms with van der Waals surface area (Å²) in [7, 11) is 0. The first-order chi connectivity index (χ1) is 5.29. The minimum absolute atomic E-state index is 0.0746. The molecule has 1 aliphatic rings. The van der Waals surface area contributed by atoms with E-state index in [0.29, 0.717) is 11.4 Å². The smallest absolute Gasteiger partial charge is 0.140 e. The van der Waals surface area contributed by atoms with E-state index in [9.17, 15) is 5.21 Å². The summed E-state index contributed by atoms with van der Waals surface area (Å²) in [6.45, 7) is 0.277. The summed E-state index contributed by atoms with van der Waals surface area (Å²) >= 11 is 0. The molecule has 0 amide bonds. The fourth-order valence-electron chi connectivity index (χ4n) is 1.34. The SMILES string of the molecule is N=C1C[NH+]([O-])c2ccccc21. The Hall–Kier alpha value is -1.19. The van der Waals surface area contributed by atoms with Crippen LogP contribution in [0.2, 0.25) is 0 Å². The van der Waals surface area contributed by atoms with E-state index in [0.717, 1.165) is 5.56 Å². The van der Waals surface area contributed by atoms with E-state index in [1.165, 1.54) is 0 Å². The van der Waals surface area contributed by atoms with Gasteiger partial charge in [0.25, 0.3) is 0 Å². The van der Waals surface area contributed by atoms with Gasteiger partial charge in [-0.15, -0.1) is 0 Å². The number of fused-ring (bicyclic) bond motifs is 1. The monoisotopic (exact) mass is 148 g/mol. The van der Waals surface area contributed by atoms with Gasteiger partial charge in [0, 0.05) is 6.07 Å². The third-order valence-electron chi connectivity index (χ3n) is 1.89. The Kier molecular flexibility index (Phi) is 1.27. The van der Waals surface area contributed by atoms with Gasteiger partial charge >= 0.3 is 0 Å². The van der Waals surface area contributed by atoms with Crippen LogP contribution in [-0.2, 0) is 0 Å². The number of hydrogen-bond donors (Lipinski definition) is 2. The molecule has 1 atom stereocenters. The van der Waals surface area contributed by atoms with Crippen molar-refractivity contribution in [3.8, 4) is 0 Å². The predicted molar refractivity (Wildman–Crippen MR) is 42.1 cm³/mol. The number of para-hydroxylation sites is 1. The first kappa shape index (κ1) is 6.52. The molecule has 2 N–H and O–H groups in total. The maximum absolute atomic E-state index is 11.1. The molecule has 1 aromatic rings. The van der Waals surface area contributed by atoms with E-state index in [4.69, 9.17) is 5.41 Å². The van der Waals surface area contributed by atoms with E-state index >= 15 is 0 Å². The second-order valence-electron chi connectivity index (χ2n) is 2.62. The van der Waals surface area contributed by atoms with Crippen molar-refractivity contribution in [1.82, 2.24) is 0 Å². The predicted octanol–water partition coefficient (Wildman–Crippen LogP) is 0.0823. The van der Waals surface area contributed by atoms with Crippen LogP contribution in [0.15, 0.2) is 24.3 Å². The van der Waals surface area contributed by atoms with Crippen molar-refractivity contribution in [2.24, 2.45) is 0 Å². The lowest BCUT2D eigenvalue weighted by atomic mass is 10.1. The van der Waals surface area contributed by atoms with Gasteiger partial charge in [-0.25, -0.2) is 0 Å². The fraction of sp³-hybridized carbons (Fsp3) is 0.125. The highest BCUT2D eigenvalue weighted by molar-refractivity contribution is 6.04. The van der Waals surface area contributed by atoms with Crippen LogP contribution in [0.4, 0.5) is 5.69 Å². The fourth-order valence-corrected chi connectivity index (χ4v) is 1.34. The summed E-state index contributed by atoms with van der Waals surface area (Å²) in [4.78, 5) is 0.